The van der Waals surface area contributed by atoms with Crippen molar-refractivity contribution in [2.24, 2.45) is 5.14 Å². The number of carbonyl (C=O) groups excluding carboxylic acids is 1. The SMILES string of the molecule is C[C@@H]([NH2+]Cc1ccc(S(N)(=O)=O)cc1)C(=O)N1CCc2ccccc21. The van der Waals surface area contributed by atoms with Crippen LogP contribution in [0.2, 0.25) is 0 Å². The van der Waals surface area contributed by atoms with E-state index >= 15 is 0 Å². The number of nitrogens with two attached hydrogens (primary N) is 2. The lowest BCUT2D eigenvalue weighted by Crippen LogP contribution is -2.90. The Hall–Kier alpha value is -2.22. The van der Waals surface area contributed by atoms with E-state index in [1.54, 1.807) is 12.1 Å². The van der Waals surface area contributed by atoms with Gasteiger partial charge in [-0.15, -0.1) is 0 Å². The number of fused-ring (bicyclic) bond motifs is 1. The molecule has 25 heavy (non-hydrogen) atoms. The zero-order chi connectivity index (χ0) is 18.0. The van der Waals surface area contributed by atoms with Crippen molar-refractivity contribution in [3.63, 3.8) is 0 Å². The molecule has 0 bridgehead atoms. The summed E-state index contributed by atoms with van der Waals surface area (Å²) in [6, 6.07) is 14.2. The predicted molar refractivity (Wildman–Crippen MR) is 95.4 cm³/mol. The molecule has 6 nitrogen and oxygen atoms in total. The third kappa shape index (κ3) is 3.89. The standard InChI is InChI=1S/C18H21N3O3S/c1-13(18(22)21-11-10-15-4-2-3-5-17(15)21)20-12-14-6-8-16(9-7-14)25(19,23)24/h2-9,13,20H,10-12H2,1H3,(H2,19,23,24)/p+1/t13-/m1/s1. The van der Waals surface area contributed by atoms with Gasteiger partial charge in [0.05, 0.1) is 4.90 Å². The zero-order valence-corrected chi connectivity index (χ0v) is 14.9. The van der Waals surface area contributed by atoms with Crippen LogP contribution in [-0.2, 0) is 27.8 Å². The van der Waals surface area contributed by atoms with Crippen LogP contribution in [0.1, 0.15) is 18.1 Å². The van der Waals surface area contributed by atoms with E-state index < -0.39 is 10.0 Å². The molecule has 0 radical (unpaired) electrons. The van der Waals surface area contributed by atoms with Crippen LogP contribution >= 0.6 is 0 Å². The first-order valence-electron chi connectivity index (χ1n) is 8.20. The summed E-state index contributed by atoms with van der Waals surface area (Å²) in [6.07, 6.45) is 0.893. The molecule has 0 aliphatic carbocycles. The third-order valence-corrected chi connectivity index (χ3v) is 5.43. The lowest BCUT2D eigenvalue weighted by atomic mass is 10.2. The second-order valence-corrected chi connectivity index (χ2v) is 7.85. The van der Waals surface area contributed by atoms with Gasteiger partial charge in [-0.1, -0.05) is 30.3 Å². The second kappa shape index (κ2) is 6.95. The molecule has 132 valence electrons. The molecule has 3 rings (SSSR count). The Morgan fingerprint density at radius 2 is 1.88 bits per heavy atom. The minimum atomic E-state index is -3.67. The molecule has 1 aliphatic heterocycles. The molecular weight excluding hydrogens is 338 g/mol. The van der Waals surface area contributed by atoms with Crippen molar-refractivity contribution < 1.29 is 18.5 Å². The molecule has 2 aromatic rings. The smallest absolute Gasteiger partial charge is 0.284 e. The minimum absolute atomic E-state index is 0.0890. The molecule has 7 heteroatoms. The molecule has 4 N–H and O–H groups in total. The van der Waals surface area contributed by atoms with E-state index in [4.69, 9.17) is 5.14 Å². The summed E-state index contributed by atoms with van der Waals surface area (Å²) in [5.74, 6) is 0.0890. The van der Waals surface area contributed by atoms with Crippen molar-refractivity contribution in [3.8, 4) is 0 Å². The summed E-state index contributed by atoms with van der Waals surface area (Å²) in [6.45, 7) is 3.20. The van der Waals surface area contributed by atoms with Gasteiger partial charge in [0.2, 0.25) is 10.0 Å². The van der Waals surface area contributed by atoms with Crippen molar-refractivity contribution >= 4 is 21.6 Å². The van der Waals surface area contributed by atoms with Crippen molar-refractivity contribution in [3.05, 3.63) is 59.7 Å². The Morgan fingerprint density at radius 3 is 2.56 bits per heavy atom. The molecule has 0 saturated heterocycles. The lowest BCUT2D eigenvalue weighted by molar-refractivity contribution is -0.688. The fourth-order valence-corrected chi connectivity index (χ4v) is 3.56. The topological polar surface area (TPSA) is 97.1 Å². The Balaban J connectivity index is 1.61. The molecule has 1 atom stereocenters. The number of sulfonamides is 1. The van der Waals surface area contributed by atoms with Crippen LogP contribution in [0.3, 0.4) is 0 Å². The number of carbonyl (C=O) groups is 1. The van der Waals surface area contributed by atoms with Gasteiger partial charge in [-0.25, -0.2) is 13.6 Å². The molecule has 0 spiro atoms. The fourth-order valence-electron chi connectivity index (χ4n) is 3.04. The highest BCUT2D eigenvalue weighted by molar-refractivity contribution is 7.89. The maximum atomic E-state index is 12.7. The van der Waals surface area contributed by atoms with Gasteiger partial charge in [-0.05, 0) is 37.1 Å². The first-order valence-corrected chi connectivity index (χ1v) is 9.75. The zero-order valence-electron chi connectivity index (χ0n) is 14.1. The predicted octanol–water partition coefficient (Wildman–Crippen LogP) is 0.375. The first kappa shape index (κ1) is 17.6. The van der Waals surface area contributed by atoms with E-state index in [1.165, 1.54) is 17.7 Å². The Morgan fingerprint density at radius 1 is 1.20 bits per heavy atom. The minimum Gasteiger partial charge on any atom is -0.332 e. The average Bonchev–Trinajstić information content (AvgIpc) is 3.02. The van der Waals surface area contributed by atoms with Crippen LogP contribution in [0.4, 0.5) is 5.69 Å². The van der Waals surface area contributed by atoms with Gasteiger partial charge in [-0.2, -0.15) is 0 Å². The Kier molecular flexibility index (Phi) is 4.89. The summed E-state index contributed by atoms with van der Waals surface area (Å²) < 4.78 is 22.5. The van der Waals surface area contributed by atoms with Crippen LogP contribution in [0, 0.1) is 0 Å². The molecule has 1 heterocycles. The normalized spacial score (nSPS) is 15.0. The highest BCUT2D eigenvalue weighted by Gasteiger charge is 2.29. The molecule has 0 unspecified atom stereocenters. The number of quaternary nitrogens is 1. The van der Waals surface area contributed by atoms with E-state index in [0.29, 0.717) is 6.54 Å². The largest absolute Gasteiger partial charge is 0.332 e. The Labute approximate surface area is 147 Å². The molecule has 1 aliphatic rings. The van der Waals surface area contributed by atoms with Gasteiger partial charge in [0.1, 0.15) is 6.54 Å². The summed E-state index contributed by atoms with van der Waals surface area (Å²) in [5, 5.41) is 7.05. The van der Waals surface area contributed by atoms with E-state index in [0.717, 1.165) is 24.2 Å². The van der Waals surface area contributed by atoms with Gasteiger partial charge < -0.3 is 10.2 Å². The van der Waals surface area contributed by atoms with E-state index in [9.17, 15) is 13.2 Å². The van der Waals surface area contributed by atoms with Crippen LogP contribution < -0.4 is 15.4 Å². The van der Waals surface area contributed by atoms with E-state index in [-0.39, 0.29) is 16.8 Å². The number of anilines is 1. The Bertz CT molecular complexity index is 879. The molecule has 2 aromatic carbocycles. The van der Waals surface area contributed by atoms with Gasteiger partial charge in [-0.3, -0.25) is 4.79 Å². The third-order valence-electron chi connectivity index (χ3n) is 4.50. The molecule has 0 saturated carbocycles. The lowest BCUT2D eigenvalue weighted by Gasteiger charge is -2.20. The number of amides is 1. The maximum absolute atomic E-state index is 12.7. The van der Waals surface area contributed by atoms with Crippen LogP contribution in [0.25, 0.3) is 0 Å². The number of hydrogen-bond donors (Lipinski definition) is 2. The van der Waals surface area contributed by atoms with Crippen molar-refractivity contribution in [1.82, 2.24) is 0 Å². The monoisotopic (exact) mass is 360 g/mol. The first-order chi connectivity index (χ1) is 11.9. The van der Waals surface area contributed by atoms with Gasteiger partial charge in [0.25, 0.3) is 5.91 Å². The second-order valence-electron chi connectivity index (χ2n) is 6.29. The van der Waals surface area contributed by atoms with Gasteiger partial charge >= 0.3 is 0 Å². The molecule has 0 fully saturated rings. The van der Waals surface area contributed by atoms with Crippen molar-refractivity contribution in [2.45, 2.75) is 30.8 Å². The van der Waals surface area contributed by atoms with Gasteiger partial charge in [0, 0.05) is 17.8 Å². The summed E-state index contributed by atoms with van der Waals surface area (Å²) in [4.78, 5) is 14.7. The quantitative estimate of drug-likeness (QED) is 0.806. The van der Waals surface area contributed by atoms with E-state index in [1.807, 2.05) is 35.3 Å². The molecule has 0 aromatic heterocycles. The fraction of sp³-hybridized carbons (Fsp3) is 0.278. The van der Waals surface area contributed by atoms with Crippen LogP contribution in [-0.4, -0.2) is 26.9 Å². The van der Waals surface area contributed by atoms with Crippen molar-refractivity contribution in [1.29, 1.82) is 0 Å². The highest BCUT2D eigenvalue weighted by atomic mass is 32.2. The molecular formula is C18H22N3O3S+. The van der Waals surface area contributed by atoms with Gasteiger partial charge in [0.15, 0.2) is 6.04 Å². The maximum Gasteiger partial charge on any atom is 0.284 e. The number of nitrogens with zero attached hydrogens (tertiary/aromatic N) is 1. The summed E-state index contributed by atoms with van der Waals surface area (Å²) in [7, 11) is -3.67. The summed E-state index contributed by atoms with van der Waals surface area (Å²) in [5.41, 5.74) is 3.15. The van der Waals surface area contributed by atoms with Crippen LogP contribution in [0.15, 0.2) is 53.4 Å². The summed E-state index contributed by atoms with van der Waals surface area (Å²) >= 11 is 0. The van der Waals surface area contributed by atoms with Crippen molar-refractivity contribution in [2.75, 3.05) is 11.4 Å². The number of para-hydroxylation sites is 1. The number of benzene rings is 2. The van der Waals surface area contributed by atoms with Crippen LogP contribution in [0.5, 0.6) is 0 Å². The molecule has 1 amide bonds. The highest BCUT2D eigenvalue weighted by Crippen LogP contribution is 2.27. The number of hydrogen-bond acceptors (Lipinski definition) is 3. The number of rotatable bonds is 5. The van der Waals surface area contributed by atoms with E-state index in [2.05, 4.69) is 6.07 Å². The number of primary sulfonamides is 1. The average molecular weight is 360 g/mol.